The Morgan fingerprint density at radius 2 is 1.69 bits per heavy atom. The summed E-state index contributed by atoms with van der Waals surface area (Å²) in [6.45, 7) is 8.34. The molecule has 2 aromatic carbocycles. The van der Waals surface area contributed by atoms with Crippen LogP contribution in [0.4, 0.5) is 0 Å². The number of carboxylic acid groups (broad SMARTS) is 1. The molecule has 134 valence electrons. The highest BCUT2D eigenvalue weighted by atomic mass is 16.4. The average molecular weight is 349 g/mol. The average Bonchev–Trinajstić information content (AvgIpc) is 2.59. The molecule has 1 aromatic heterocycles. The van der Waals surface area contributed by atoms with Crippen LogP contribution in [0.3, 0.4) is 0 Å². The zero-order valence-electron chi connectivity index (χ0n) is 15.5. The Morgan fingerprint density at radius 1 is 1.04 bits per heavy atom. The fourth-order valence-electron chi connectivity index (χ4n) is 3.35. The Morgan fingerprint density at radius 3 is 2.27 bits per heavy atom. The van der Waals surface area contributed by atoms with Crippen LogP contribution < -0.4 is 5.56 Å². The number of hydrogen-bond acceptors (Lipinski definition) is 2. The zero-order valence-corrected chi connectivity index (χ0v) is 15.5. The second-order valence-corrected chi connectivity index (χ2v) is 7.18. The first kappa shape index (κ1) is 17.9. The van der Waals surface area contributed by atoms with Crippen LogP contribution in [0.1, 0.15) is 35.5 Å². The number of carboxylic acids is 1. The summed E-state index contributed by atoms with van der Waals surface area (Å²) in [4.78, 5) is 25.2. The van der Waals surface area contributed by atoms with Crippen LogP contribution in [-0.4, -0.2) is 15.6 Å². The molecule has 0 saturated carbocycles. The first-order valence-electron chi connectivity index (χ1n) is 8.77. The maximum Gasteiger partial charge on any atom is 0.353 e. The Balaban J connectivity index is 2.51. The third-order valence-corrected chi connectivity index (χ3v) is 4.72. The Kier molecular flexibility index (Phi) is 4.68. The molecule has 0 radical (unpaired) electrons. The van der Waals surface area contributed by atoms with Gasteiger partial charge in [-0.15, -0.1) is 0 Å². The van der Waals surface area contributed by atoms with Gasteiger partial charge in [-0.3, -0.25) is 4.79 Å². The SMILES string of the molecule is Cc1ccc(-c2c(C(=O)O)n(CC(C)C)c(=O)c3ccccc23)cc1C. The number of pyridine rings is 1. The van der Waals surface area contributed by atoms with Crippen molar-refractivity contribution in [3.63, 3.8) is 0 Å². The van der Waals surface area contributed by atoms with Gasteiger partial charge in [0.2, 0.25) is 0 Å². The van der Waals surface area contributed by atoms with Crippen molar-refractivity contribution in [3.05, 3.63) is 69.6 Å². The van der Waals surface area contributed by atoms with E-state index >= 15 is 0 Å². The molecular formula is C22H23NO3. The monoisotopic (exact) mass is 349 g/mol. The molecule has 0 aliphatic heterocycles. The maximum atomic E-state index is 13.0. The minimum absolute atomic E-state index is 0.0608. The molecule has 0 spiro atoms. The predicted molar refractivity (Wildman–Crippen MR) is 105 cm³/mol. The lowest BCUT2D eigenvalue weighted by atomic mass is 9.94. The van der Waals surface area contributed by atoms with Crippen molar-refractivity contribution in [2.75, 3.05) is 0 Å². The van der Waals surface area contributed by atoms with Crippen LogP contribution in [0.5, 0.6) is 0 Å². The molecule has 26 heavy (non-hydrogen) atoms. The molecule has 4 nitrogen and oxygen atoms in total. The van der Waals surface area contributed by atoms with E-state index in [2.05, 4.69) is 0 Å². The fraction of sp³-hybridized carbons (Fsp3) is 0.273. The highest BCUT2D eigenvalue weighted by Crippen LogP contribution is 2.32. The predicted octanol–water partition coefficient (Wildman–Crippen LogP) is 4.64. The topological polar surface area (TPSA) is 59.3 Å². The Labute approximate surface area is 152 Å². The highest BCUT2D eigenvalue weighted by Gasteiger charge is 2.23. The van der Waals surface area contributed by atoms with Crippen molar-refractivity contribution in [3.8, 4) is 11.1 Å². The quantitative estimate of drug-likeness (QED) is 0.746. The highest BCUT2D eigenvalue weighted by molar-refractivity contribution is 6.06. The van der Waals surface area contributed by atoms with Crippen LogP contribution in [0.15, 0.2) is 47.3 Å². The molecule has 0 amide bonds. The molecule has 0 saturated heterocycles. The van der Waals surface area contributed by atoms with Crippen molar-refractivity contribution in [2.45, 2.75) is 34.2 Å². The van der Waals surface area contributed by atoms with E-state index in [9.17, 15) is 14.7 Å². The maximum absolute atomic E-state index is 13.0. The van der Waals surface area contributed by atoms with Crippen LogP contribution >= 0.6 is 0 Å². The molecule has 3 rings (SSSR count). The van der Waals surface area contributed by atoms with Crippen LogP contribution in [0.25, 0.3) is 21.9 Å². The summed E-state index contributed by atoms with van der Waals surface area (Å²) < 4.78 is 1.42. The van der Waals surface area contributed by atoms with Gasteiger partial charge in [-0.05, 0) is 47.9 Å². The lowest BCUT2D eigenvalue weighted by Gasteiger charge is -2.19. The second-order valence-electron chi connectivity index (χ2n) is 7.18. The van der Waals surface area contributed by atoms with E-state index in [-0.39, 0.29) is 17.2 Å². The summed E-state index contributed by atoms with van der Waals surface area (Å²) in [6.07, 6.45) is 0. The number of carbonyl (C=O) groups is 1. The standard InChI is InChI=1S/C22H23NO3/c1-13(2)12-23-20(22(25)26)19(16-10-9-14(3)15(4)11-16)17-7-5-6-8-18(17)21(23)24/h5-11,13H,12H2,1-4H3,(H,25,26). The van der Waals surface area contributed by atoms with Gasteiger partial charge in [0.05, 0.1) is 0 Å². The summed E-state index contributed by atoms with van der Waals surface area (Å²) in [5, 5.41) is 11.2. The van der Waals surface area contributed by atoms with E-state index in [1.807, 2.05) is 64.1 Å². The molecule has 0 bridgehead atoms. The van der Waals surface area contributed by atoms with Gasteiger partial charge in [-0.1, -0.05) is 50.2 Å². The van der Waals surface area contributed by atoms with E-state index in [0.717, 1.165) is 16.7 Å². The Bertz CT molecular complexity index is 1060. The van der Waals surface area contributed by atoms with Gasteiger partial charge in [-0.2, -0.15) is 0 Å². The number of rotatable bonds is 4. The van der Waals surface area contributed by atoms with Gasteiger partial charge >= 0.3 is 5.97 Å². The number of nitrogens with zero attached hydrogens (tertiary/aromatic N) is 1. The van der Waals surface area contributed by atoms with E-state index in [1.54, 1.807) is 6.07 Å². The lowest BCUT2D eigenvalue weighted by molar-refractivity contribution is 0.0684. The summed E-state index contributed by atoms with van der Waals surface area (Å²) in [7, 11) is 0. The second kappa shape index (κ2) is 6.79. The molecule has 0 fully saturated rings. The summed E-state index contributed by atoms with van der Waals surface area (Å²) in [6, 6.07) is 13.2. The Hall–Kier alpha value is -2.88. The zero-order chi connectivity index (χ0) is 19.0. The van der Waals surface area contributed by atoms with E-state index in [1.165, 1.54) is 4.57 Å². The van der Waals surface area contributed by atoms with E-state index in [0.29, 0.717) is 22.9 Å². The van der Waals surface area contributed by atoms with Crippen molar-refractivity contribution in [1.29, 1.82) is 0 Å². The smallest absolute Gasteiger partial charge is 0.353 e. The molecule has 3 aromatic rings. The summed E-state index contributed by atoms with van der Waals surface area (Å²) in [5.74, 6) is -0.929. The van der Waals surface area contributed by atoms with Gasteiger partial charge in [0.15, 0.2) is 0 Å². The molecular weight excluding hydrogens is 326 g/mol. The lowest BCUT2D eigenvalue weighted by Crippen LogP contribution is -2.29. The number of aromatic nitrogens is 1. The van der Waals surface area contributed by atoms with E-state index in [4.69, 9.17) is 0 Å². The number of hydrogen-bond donors (Lipinski definition) is 1. The molecule has 0 atom stereocenters. The van der Waals surface area contributed by atoms with Crippen LogP contribution in [0.2, 0.25) is 0 Å². The number of aryl methyl sites for hydroxylation is 2. The van der Waals surface area contributed by atoms with Crippen molar-refractivity contribution < 1.29 is 9.90 Å². The minimum Gasteiger partial charge on any atom is -0.477 e. The number of benzene rings is 2. The van der Waals surface area contributed by atoms with Crippen molar-refractivity contribution >= 4 is 16.7 Å². The first-order chi connectivity index (χ1) is 12.3. The molecule has 0 aliphatic carbocycles. The summed E-state index contributed by atoms with van der Waals surface area (Å²) >= 11 is 0. The van der Waals surface area contributed by atoms with Gasteiger partial charge in [0.25, 0.3) is 5.56 Å². The van der Waals surface area contributed by atoms with Crippen LogP contribution in [-0.2, 0) is 6.54 Å². The molecule has 1 N–H and O–H groups in total. The van der Waals surface area contributed by atoms with Gasteiger partial charge in [0, 0.05) is 17.5 Å². The molecule has 4 heteroatoms. The molecule has 1 heterocycles. The van der Waals surface area contributed by atoms with E-state index < -0.39 is 5.97 Å². The van der Waals surface area contributed by atoms with Crippen molar-refractivity contribution in [2.24, 2.45) is 5.92 Å². The largest absolute Gasteiger partial charge is 0.477 e. The van der Waals surface area contributed by atoms with Gasteiger partial charge in [0.1, 0.15) is 5.69 Å². The molecule has 0 aliphatic rings. The van der Waals surface area contributed by atoms with Gasteiger partial charge < -0.3 is 9.67 Å². The number of fused-ring (bicyclic) bond motifs is 1. The van der Waals surface area contributed by atoms with Crippen molar-refractivity contribution in [1.82, 2.24) is 4.57 Å². The summed E-state index contributed by atoms with van der Waals surface area (Å²) in [5.41, 5.74) is 3.47. The van der Waals surface area contributed by atoms with Gasteiger partial charge in [-0.25, -0.2) is 4.79 Å². The molecule has 0 unspecified atom stereocenters. The number of aromatic carboxylic acids is 1. The fourth-order valence-corrected chi connectivity index (χ4v) is 3.35. The first-order valence-corrected chi connectivity index (χ1v) is 8.77. The normalized spacial score (nSPS) is 11.3. The third kappa shape index (κ3) is 3.03. The third-order valence-electron chi connectivity index (χ3n) is 4.72. The minimum atomic E-state index is -1.08. The van der Waals surface area contributed by atoms with Crippen LogP contribution in [0, 0.1) is 19.8 Å².